The van der Waals surface area contributed by atoms with Crippen molar-refractivity contribution in [2.24, 2.45) is 4.99 Å². The molecule has 29 heavy (non-hydrogen) atoms. The molecule has 1 amide bonds. The van der Waals surface area contributed by atoms with Crippen LogP contribution < -0.4 is 0 Å². The number of benzene rings is 1. The molecule has 0 bridgehead atoms. The summed E-state index contributed by atoms with van der Waals surface area (Å²) in [6, 6.07) is 8.91. The number of nitrogens with zero attached hydrogens (tertiary/aromatic N) is 4. The van der Waals surface area contributed by atoms with Crippen LogP contribution in [0.5, 0.6) is 0 Å². The summed E-state index contributed by atoms with van der Waals surface area (Å²) in [5, 5.41) is 10.8. The minimum absolute atomic E-state index is 0.120. The summed E-state index contributed by atoms with van der Waals surface area (Å²) in [6.07, 6.45) is 1.71. The summed E-state index contributed by atoms with van der Waals surface area (Å²) in [7, 11) is 0. The Morgan fingerprint density at radius 2 is 2.03 bits per heavy atom. The van der Waals surface area contributed by atoms with Crippen LogP contribution in [0.15, 0.2) is 44.6 Å². The number of aromatic nitrogens is 2. The van der Waals surface area contributed by atoms with Gasteiger partial charge in [0.15, 0.2) is 5.17 Å². The van der Waals surface area contributed by atoms with Gasteiger partial charge >= 0.3 is 0 Å². The molecule has 148 valence electrons. The van der Waals surface area contributed by atoms with Crippen LogP contribution in [0.4, 0.5) is 5.13 Å². The van der Waals surface area contributed by atoms with Crippen molar-refractivity contribution in [3.63, 3.8) is 0 Å². The minimum Gasteiger partial charge on any atom is -0.457 e. The van der Waals surface area contributed by atoms with Crippen LogP contribution in [0.2, 0.25) is 10.0 Å². The minimum atomic E-state index is -0.120. The number of aryl methyl sites for hydroxylation is 1. The van der Waals surface area contributed by atoms with Gasteiger partial charge in [0.25, 0.3) is 5.91 Å². The molecule has 0 saturated carbocycles. The van der Waals surface area contributed by atoms with E-state index in [1.165, 1.54) is 23.1 Å². The van der Waals surface area contributed by atoms with Crippen molar-refractivity contribution < 1.29 is 9.21 Å². The Kier molecular flexibility index (Phi) is 5.78. The van der Waals surface area contributed by atoms with Crippen LogP contribution in [0.25, 0.3) is 17.4 Å². The van der Waals surface area contributed by atoms with Gasteiger partial charge in [-0.15, -0.1) is 10.2 Å². The van der Waals surface area contributed by atoms with E-state index in [2.05, 4.69) is 15.2 Å². The van der Waals surface area contributed by atoms with Gasteiger partial charge in [-0.1, -0.05) is 34.5 Å². The van der Waals surface area contributed by atoms with E-state index in [9.17, 15) is 4.79 Å². The highest BCUT2D eigenvalue weighted by atomic mass is 35.5. The third-order valence-electron chi connectivity index (χ3n) is 4.02. The number of likely N-dealkylation sites (N-methyl/N-ethyl adjacent to an activating group) is 1. The van der Waals surface area contributed by atoms with Crippen LogP contribution in [0.3, 0.4) is 0 Å². The number of furan rings is 1. The molecule has 2 aromatic heterocycles. The molecule has 1 aromatic carbocycles. The van der Waals surface area contributed by atoms with Gasteiger partial charge in [0, 0.05) is 18.2 Å². The molecule has 0 spiro atoms. The van der Waals surface area contributed by atoms with Crippen molar-refractivity contribution >= 4 is 68.6 Å². The lowest BCUT2D eigenvalue weighted by Gasteiger charge is -2.10. The lowest BCUT2D eigenvalue weighted by molar-refractivity contribution is -0.122. The number of halogens is 2. The summed E-state index contributed by atoms with van der Waals surface area (Å²) in [4.78, 5) is 19.4. The van der Waals surface area contributed by atoms with Gasteiger partial charge in [0.1, 0.15) is 16.5 Å². The summed E-state index contributed by atoms with van der Waals surface area (Å²) in [6.45, 7) is 4.27. The molecular weight excluding hydrogens is 451 g/mol. The standard InChI is InChI=1S/C19H14Cl2N4O2S2/c1-3-25-17(26)16(29-19(25)22-18-24-23-10(2)28-18)9-12-5-7-15(27-12)11-4-6-13(20)14(21)8-11/h4-9H,3H2,1-2H3/b16-9+,22-19+. The van der Waals surface area contributed by atoms with Crippen LogP contribution in [0, 0.1) is 6.92 Å². The van der Waals surface area contributed by atoms with Gasteiger partial charge in [-0.25, -0.2) is 0 Å². The number of amides is 1. The zero-order chi connectivity index (χ0) is 20.5. The highest BCUT2D eigenvalue weighted by molar-refractivity contribution is 8.18. The normalized spacial score (nSPS) is 17.1. The van der Waals surface area contributed by atoms with E-state index in [1.807, 2.05) is 26.0 Å². The molecular formula is C19H14Cl2N4O2S2. The van der Waals surface area contributed by atoms with Gasteiger partial charge < -0.3 is 4.42 Å². The molecule has 6 nitrogen and oxygen atoms in total. The number of thioether (sulfide) groups is 1. The van der Waals surface area contributed by atoms with E-state index < -0.39 is 0 Å². The van der Waals surface area contributed by atoms with Crippen molar-refractivity contribution in [3.05, 3.63) is 56.1 Å². The molecule has 3 aromatic rings. The third-order valence-corrected chi connectivity index (χ3v) is 6.49. The first-order valence-corrected chi connectivity index (χ1v) is 11.0. The molecule has 0 aliphatic carbocycles. The number of carbonyl (C=O) groups excluding carboxylic acids is 1. The molecule has 4 rings (SSSR count). The molecule has 10 heteroatoms. The molecule has 3 heterocycles. The lowest BCUT2D eigenvalue weighted by Crippen LogP contribution is -2.28. The molecule has 0 radical (unpaired) electrons. The van der Waals surface area contributed by atoms with Crippen molar-refractivity contribution in [2.75, 3.05) is 6.54 Å². The monoisotopic (exact) mass is 464 g/mol. The molecule has 1 saturated heterocycles. The van der Waals surface area contributed by atoms with E-state index in [0.29, 0.717) is 43.3 Å². The summed E-state index contributed by atoms with van der Waals surface area (Å²) in [5.41, 5.74) is 0.804. The topological polar surface area (TPSA) is 71.6 Å². The van der Waals surface area contributed by atoms with Crippen LogP contribution in [0.1, 0.15) is 17.7 Å². The lowest BCUT2D eigenvalue weighted by atomic mass is 10.2. The maximum atomic E-state index is 12.8. The first-order chi connectivity index (χ1) is 13.9. The number of hydrogen-bond donors (Lipinski definition) is 0. The van der Waals surface area contributed by atoms with Crippen LogP contribution >= 0.6 is 46.3 Å². The van der Waals surface area contributed by atoms with Crippen LogP contribution in [-0.2, 0) is 4.79 Å². The van der Waals surface area contributed by atoms with E-state index >= 15 is 0 Å². The highest BCUT2D eigenvalue weighted by Crippen LogP contribution is 2.36. The Morgan fingerprint density at radius 1 is 1.21 bits per heavy atom. The maximum Gasteiger partial charge on any atom is 0.266 e. The SMILES string of the molecule is CCN1C(=O)/C(=C\c2ccc(-c3ccc(Cl)c(Cl)c3)o2)S/C1=N/c1nnc(C)s1. The molecule has 1 fully saturated rings. The number of rotatable bonds is 4. The van der Waals surface area contributed by atoms with Crippen molar-refractivity contribution in [1.29, 1.82) is 0 Å². The molecule has 0 unspecified atom stereocenters. The fourth-order valence-electron chi connectivity index (χ4n) is 2.65. The first-order valence-electron chi connectivity index (χ1n) is 8.60. The Balaban J connectivity index is 1.61. The molecule has 0 N–H and O–H groups in total. The Morgan fingerprint density at radius 3 is 2.72 bits per heavy atom. The second-order valence-electron chi connectivity index (χ2n) is 5.99. The van der Waals surface area contributed by atoms with Gasteiger partial charge in [-0.3, -0.25) is 9.69 Å². The van der Waals surface area contributed by atoms with Crippen molar-refractivity contribution in [3.8, 4) is 11.3 Å². The quantitative estimate of drug-likeness (QED) is 0.440. The average molecular weight is 465 g/mol. The molecule has 1 aliphatic heterocycles. The smallest absolute Gasteiger partial charge is 0.266 e. The van der Waals surface area contributed by atoms with Gasteiger partial charge in [-0.05, 0) is 55.9 Å². The predicted octanol–water partition coefficient (Wildman–Crippen LogP) is 6.04. The van der Waals surface area contributed by atoms with Crippen molar-refractivity contribution in [1.82, 2.24) is 15.1 Å². The largest absolute Gasteiger partial charge is 0.457 e. The van der Waals surface area contributed by atoms with E-state index in [-0.39, 0.29) is 5.91 Å². The van der Waals surface area contributed by atoms with Gasteiger partial charge in [-0.2, -0.15) is 4.99 Å². The summed E-state index contributed by atoms with van der Waals surface area (Å²) < 4.78 is 5.88. The zero-order valence-electron chi connectivity index (χ0n) is 15.3. The van der Waals surface area contributed by atoms with Gasteiger partial charge in [0.05, 0.1) is 15.0 Å². The number of carbonyl (C=O) groups is 1. The molecule has 1 aliphatic rings. The van der Waals surface area contributed by atoms with E-state index in [0.717, 1.165) is 10.6 Å². The third kappa shape index (κ3) is 4.25. The fourth-order valence-corrected chi connectivity index (χ4v) is 4.59. The fraction of sp³-hybridized carbons (Fsp3) is 0.158. The van der Waals surface area contributed by atoms with Gasteiger partial charge in [0.2, 0.25) is 5.13 Å². The predicted molar refractivity (Wildman–Crippen MR) is 119 cm³/mol. The maximum absolute atomic E-state index is 12.8. The second-order valence-corrected chi connectivity index (χ2v) is 8.97. The Hall–Kier alpha value is -2.13. The van der Waals surface area contributed by atoms with E-state index in [4.69, 9.17) is 27.6 Å². The summed E-state index contributed by atoms with van der Waals surface area (Å²) in [5.74, 6) is 1.08. The Bertz CT molecular complexity index is 1150. The Labute approximate surface area is 185 Å². The first kappa shape index (κ1) is 20.2. The highest BCUT2D eigenvalue weighted by Gasteiger charge is 2.32. The summed E-state index contributed by atoms with van der Waals surface area (Å²) >= 11 is 14.7. The van der Waals surface area contributed by atoms with E-state index in [1.54, 1.807) is 29.2 Å². The number of amidine groups is 1. The van der Waals surface area contributed by atoms with Crippen molar-refractivity contribution in [2.45, 2.75) is 13.8 Å². The zero-order valence-corrected chi connectivity index (χ0v) is 18.5. The number of hydrogen-bond acceptors (Lipinski definition) is 7. The molecule has 0 atom stereocenters. The second kappa shape index (κ2) is 8.31. The number of aliphatic imine (C=N–C) groups is 1. The average Bonchev–Trinajstić information content (AvgIpc) is 3.39. The van der Waals surface area contributed by atoms with Crippen LogP contribution in [-0.4, -0.2) is 32.7 Å².